The largest absolute Gasteiger partial charge is 0.324 e. The Bertz CT molecular complexity index is 384. The van der Waals surface area contributed by atoms with Gasteiger partial charge in [-0.3, -0.25) is 0 Å². The molecule has 1 saturated carbocycles. The van der Waals surface area contributed by atoms with Crippen LogP contribution >= 0.6 is 31.9 Å². The topological polar surface area (TPSA) is 26.0 Å². The summed E-state index contributed by atoms with van der Waals surface area (Å²) in [6.07, 6.45) is 5.23. The van der Waals surface area contributed by atoms with Crippen molar-refractivity contribution in [3.05, 3.63) is 32.2 Å². The van der Waals surface area contributed by atoms with Crippen LogP contribution in [0.5, 0.6) is 0 Å². The first kappa shape index (κ1) is 12.6. The van der Waals surface area contributed by atoms with Crippen molar-refractivity contribution in [3.8, 4) is 0 Å². The minimum Gasteiger partial charge on any atom is -0.324 e. The predicted molar refractivity (Wildman–Crippen MR) is 75.5 cm³/mol. The Kier molecular flexibility index (Phi) is 4.09. The SMILES string of the molecule is Cc1cc(Br)c(C(N)C2CCCC2)cc1Br. The molecule has 1 aromatic carbocycles. The highest BCUT2D eigenvalue weighted by molar-refractivity contribution is 9.11. The van der Waals surface area contributed by atoms with Crippen LogP contribution in [0.15, 0.2) is 21.1 Å². The summed E-state index contributed by atoms with van der Waals surface area (Å²) in [6.45, 7) is 2.10. The maximum absolute atomic E-state index is 6.37. The molecule has 0 radical (unpaired) electrons. The van der Waals surface area contributed by atoms with Gasteiger partial charge in [-0.2, -0.15) is 0 Å². The van der Waals surface area contributed by atoms with Crippen LogP contribution < -0.4 is 5.73 Å². The van der Waals surface area contributed by atoms with E-state index >= 15 is 0 Å². The molecule has 1 nitrogen and oxygen atoms in total. The standard InChI is InChI=1S/C13H17Br2N/c1-8-6-12(15)10(7-11(8)14)13(16)9-4-2-3-5-9/h6-7,9,13H,2-5,16H2,1H3. The zero-order valence-corrected chi connectivity index (χ0v) is 12.6. The van der Waals surface area contributed by atoms with Gasteiger partial charge in [0.1, 0.15) is 0 Å². The van der Waals surface area contributed by atoms with Gasteiger partial charge in [-0.15, -0.1) is 0 Å². The highest BCUT2D eigenvalue weighted by Crippen LogP contribution is 2.38. The lowest BCUT2D eigenvalue weighted by Crippen LogP contribution is -2.19. The van der Waals surface area contributed by atoms with E-state index in [2.05, 4.69) is 50.9 Å². The fourth-order valence-electron chi connectivity index (χ4n) is 2.49. The monoisotopic (exact) mass is 345 g/mol. The normalized spacial score (nSPS) is 19.0. The predicted octanol–water partition coefficient (Wildman–Crippen LogP) is 4.71. The minimum atomic E-state index is 0.175. The fourth-order valence-corrected chi connectivity index (χ4v) is 3.57. The van der Waals surface area contributed by atoms with Crippen LogP contribution in [0.1, 0.15) is 42.9 Å². The molecular formula is C13H17Br2N. The van der Waals surface area contributed by atoms with Crippen LogP contribution in [0.2, 0.25) is 0 Å². The molecular weight excluding hydrogens is 330 g/mol. The highest BCUT2D eigenvalue weighted by atomic mass is 79.9. The Morgan fingerprint density at radius 3 is 2.44 bits per heavy atom. The summed E-state index contributed by atoms with van der Waals surface area (Å²) in [4.78, 5) is 0. The summed E-state index contributed by atoms with van der Waals surface area (Å²) in [6, 6.07) is 4.49. The molecule has 88 valence electrons. The molecule has 1 unspecified atom stereocenters. The van der Waals surface area contributed by atoms with Crippen molar-refractivity contribution in [1.82, 2.24) is 0 Å². The van der Waals surface area contributed by atoms with Crippen LogP contribution in [-0.4, -0.2) is 0 Å². The summed E-state index contributed by atoms with van der Waals surface area (Å²) in [5.74, 6) is 0.658. The van der Waals surface area contributed by atoms with Gasteiger partial charge >= 0.3 is 0 Å². The number of hydrogen-bond donors (Lipinski definition) is 1. The second-order valence-electron chi connectivity index (χ2n) is 4.69. The summed E-state index contributed by atoms with van der Waals surface area (Å²) < 4.78 is 2.30. The molecule has 0 saturated heterocycles. The van der Waals surface area contributed by atoms with E-state index in [4.69, 9.17) is 5.73 Å². The third-order valence-electron chi connectivity index (χ3n) is 3.54. The van der Waals surface area contributed by atoms with Gasteiger partial charge in [-0.25, -0.2) is 0 Å². The third-order valence-corrected chi connectivity index (χ3v) is 5.09. The maximum Gasteiger partial charge on any atom is 0.0335 e. The van der Waals surface area contributed by atoms with Crippen molar-refractivity contribution in [3.63, 3.8) is 0 Å². The van der Waals surface area contributed by atoms with E-state index in [-0.39, 0.29) is 6.04 Å². The van der Waals surface area contributed by atoms with Gasteiger partial charge in [0, 0.05) is 15.0 Å². The van der Waals surface area contributed by atoms with Crippen molar-refractivity contribution < 1.29 is 0 Å². The Hall–Kier alpha value is 0.140. The summed E-state index contributed by atoms with van der Waals surface area (Å²) in [5, 5.41) is 0. The van der Waals surface area contributed by atoms with Crippen LogP contribution in [0.25, 0.3) is 0 Å². The van der Waals surface area contributed by atoms with Crippen LogP contribution in [0.4, 0.5) is 0 Å². The van der Waals surface area contributed by atoms with Crippen molar-refractivity contribution in [1.29, 1.82) is 0 Å². The smallest absolute Gasteiger partial charge is 0.0335 e. The number of nitrogens with two attached hydrogens (primary N) is 1. The molecule has 0 spiro atoms. The van der Waals surface area contributed by atoms with Crippen molar-refractivity contribution in [2.75, 3.05) is 0 Å². The van der Waals surface area contributed by atoms with Gasteiger partial charge < -0.3 is 5.73 Å². The molecule has 16 heavy (non-hydrogen) atoms. The summed E-state index contributed by atoms with van der Waals surface area (Å²) in [5.41, 5.74) is 8.85. The molecule has 0 heterocycles. The second-order valence-corrected chi connectivity index (χ2v) is 6.40. The maximum atomic E-state index is 6.37. The number of rotatable bonds is 2. The van der Waals surface area contributed by atoms with Crippen molar-refractivity contribution in [2.24, 2.45) is 11.7 Å². The van der Waals surface area contributed by atoms with Gasteiger partial charge in [-0.05, 0) is 48.9 Å². The minimum absolute atomic E-state index is 0.175. The molecule has 2 rings (SSSR count). The highest BCUT2D eigenvalue weighted by Gasteiger charge is 2.24. The first-order chi connectivity index (χ1) is 7.59. The van der Waals surface area contributed by atoms with Crippen LogP contribution in [0, 0.1) is 12.8 Å². The quantitative estimate of drug-likeness (QED) is 0.824. The van der Waals surface area contributed by atoms with Crippen LogP contribution in [0.3, 0.4) is 0 Å². The van der Waals surface area contributed by atoms with Crippen molar-refractivity contribution in [2.45, 2.75) is 38.6 Å². The average molecular weight is 347 g/mol. The van der Waals surface area contributed by atoms with Gasteiger partial charge in [0.05, 0.1) is 0 Å². The van der Waals surface area contributed by atoms with E-state index in [1.807, 2.05) is 0 Å². The molecule has 1 aromatic rings. The number of hydrogen-bond acceptors (Lipinski definition) is 1. The van der Waals surface area contributed by atoms with Gasteiger partial charge in [0.15, 0.2) is 0 Å². The first-order valence-electron chi connectivity index (χ1n) is 5.80. The van der Waals surface area contributed by atoms with E-state index in [0.29, 0.717) is 5.92 Å². The lowest BCUT2D eigenvalue weighted by atomic mass is 9.92. The Morgan fingerprint density at radius 2 is 1.81 bits per heavy atom. The van der Waals surface area contributed by atoms with Gasteiger partial charge in [0.25, 0.3) is 0 Å². The van der Waals surface area contributed by atoms with Gasteiger partial charge in [-0.1, -0.05) is 44.7 Å². The Labute approximate surface area is 114 Å². The van der Waals surface area contributed by atoms with E-state index in [1.165, 1.54) is 36.8 Å². The van der Waals surface area contributed by atoms with Crippen molar-refractivity contribution >= 4 is 31.9 Å². The first-order valence-corrected chi connectivity index (χ1v) is 7.39. The number of halogens is 2. The number of aryl methyl sites for hydroxylation is 1. The zero-order chi connectivity index (χ0) is 11.7. The molecule has 0 aliphatic heterocycles. The van der Waals surface area contributed by atoms with E-state index < -0.39 is 0 Å². The molecule has 0 amide bonds. The Balaban J connectivity index is 2.28. The van der Waals surface area contributed by atoms with Gasteiger partial charge in [0.2, 0.25) is 0 Å². The fraction of sp³-hybridized carbons (Fsp3) is 0.538. The number of benzene rings is 1. The molecule has 1 aliphatic carbocycles. The molecule has 2 N–H and O–H groups in total. The lowest BCUT2D eigenvalue weighted by Gasteiger charge is -2.21. The molecule has 1 atom stereocenters. The molecule has 0 bridgehead atoms. The summed E-state index contributed by atoms with van der Waals surface area (Å²) >= 11 is 7.21. The second kappa shape index (κ2) is 5.19. The van der Waals surface area contributed by atoms with E-state index in [1.54, 1.807) is 0 Å². The molecule has 3 heteroatoms. The lowest BCUT2D eigenvalue weighted by molar-refractivity contribution is 0.443. The molecule has 0 aromatic heterocycles. The molecule has 1 aliphatic rings. The third kappa shape index (κ3) is 2.52. The summed E-state index contributed by atoms with van der Waals surface area (Å²) in [7, 11) is 0. The Morgan fingerprint density at radius 1 is 1.19 bits per heavy atom. The molecule has 1 fully saturated rings. The average Bonchev–Trinajstić information content (AvgIpc) is 2.75. The van der Waals surface area contributed by atoms with Crippen LogP contribution in [-0.2, 0) is 0 Å². The van der Waals surface area contributed by atoms with E-state index in [0.717, 1.165) is 8.95 Å². The van der Waals surface area contributed by atoms with E-state index in [9.17, 15) is 0 Å². The zero-order valence-electron chi connectivity index (χ0n) is 9.47.